The van der Waals surface area contributed by atoms with Crippen molar-refractivity contribution in [2.75, 3.05) is 0 Å². The van der Waals surface area contributed by atoms with Gasteiger partial charge in [-0.3, -0.25) is 4.98 Å². The van der Waals surface area contributed by atoms with E-state index in [4.69, 9.17) is 5.73 Å². The van der Waals surface area contributed by atoms with Crippen LogP contribution in [0.25, 0.3) is 0 Å². The minimum atomic E-state index is -4.49. The highest BCUT2D eigenvalue weighted by atomic mass is 19.4. The third kappa shape index (κ3) is 2.86. The molecule has 0 saturated heterocycles. The lowest BCUT2D eigenvalue weighted by Gasteiger charge is -2.12. The van der Waals surface area contributed by atoms with Gasteiger partial charge in [0.05, 0.1) is 0 Å². The second-order valence-electron chi connectivity index (χ2n) is 3.85. The molecule has 0 bridgehead atoms. The van der Waals surface area contributed by atoms with Gasteiger partial charge in [-0.2, -0.15) is 13.2 Å². The maximum Gasteiger partial charge on any atom is 0.410 e. The summed E-state index contributed by atoms with van der Waals surface area (Å²) in [5.74, 6) is -0.272. The second-order valence-corrected chi connectivity index (χ2v) is 3.85. The Morgan fingerprint density at radius 1 is 1.28 bits per heavy atom. The number of halogens is 3. The Hall–Kier alpha value is -1.89. The van der Waals surface area contributed by atoms with Crippen LogP contribution in [-0.4, -0.2) is 21.1 Å². The first-order valence-electron chi connectivity index (χ1n) is 5.22. The van der Waals surface area contributed by atoms with Crippen molar-refractivity contribution in [2.24, 2.45) is 5.73 Å². The zero-order valence-electron chi connectivity index (χ0n) is 9.28. The number of nitrogens with two attached hydrogens (primary N) is 1. The second kappa shape index (κ2) is 4.77. The maximum atomic E-state index is 12.4. The Kier molecular flexibility index (Phi) is 3.33. The Labute approximate surface area is 101 Å². The maximum absolute atomic E-state index is 12.4. The summed E-state index contributed by atoms with van der Waals surface area (Å²) in [6, 6.07) is 1.48. The van der Waals surface area contributed by atoms with Crippen LogP contribution in [0.15, 0.2) is 30.7 Å². The molecule has 2 heterocycles. The van der Waals surface area contributed by atoms with Crippen LogP contribution in [0, 0.1) is 0 Å². The molecule has 3 N–H and O–H groups in total. The van der Waals surface area contributed by atoms with Crippen molar-refractivity contribution in [1.29, 1.82) is 0 Å². The van der Waals surface area contributed by atoms with Gasteiger partial charge >= 0.3 is 6.18 Å². The van der Waals surface area contributed by atoms with E-state index in [1.807, 2.05) is 0 Å². The van der Waals surface area contributed by atoms with E-state index in [1.165, 1.54) is 6.20 Å². The molecule has 0 amide bonds. The van der Waals surface area contributed by atoms with Gasteiger partial charge in [0, 0.05) is 30.7 Å². The van der Waals surface area contributed by atoms with E-state index in [9.17, 15) is 13.2 Å². The lowest BCUT2D eigenvalue weighted by atomic mass is 10.1. The van der Waals surface area contributed by atoms with Gasteiger partial charge in [0.1, 0.15) is 5.82 Å². The van der Waals surface area contributed by atoms with Crippen LogP contribution in [0.1, 0.15) is 23.1 Å². The van der Waals surface area contributed by atoms with Crippen molar-refractivity contribution in [2.45, 2.75) is 18.6 Å². The molecule has 2 rings (SSSR count). The summed E-state index contributed by atoms with van der Waals surface area (Å²) in [6.45, 7) is 0. The molecule has 96 valence electrons. The third-order valence-electron chi connectivity index (χ3n) is 2.44. The third-order valence-corrected chi connectivity index (χ3v) is 2.44. The quantitative estimate of drug-likeness (QED) is 0.882. The average Bonchev–Trinajstić information content (AvgIpc) is 2.76. The van der Waals surface area contributed by atoms with Crippen molar-refractivity contribution < 1.29 is 13.2 Å². The van der Waals surface area contributed by atoms with Crippen LogP contribution in [0.5, 0.6) is 0 Å². The highest BCUT2D eigenvalue weighted by Gasteiger charge is 2.39. The standard InChI is InChI=1S/C11H11F3N4/c12-11(13,14)9(15)10-17-6-8(18-10)5-7-1-3-16-4-2-7/h1-4,6,9H,5,15H2,(H,17,18). The molecule has 18 heavy (non-hydrogen) atoms. The van der Waals surface area contributed by atoms with Gasteiger partial charge in [0.15, 0.2) is 6.04 Å². The van der Waals surface area contributed by atoms with E-state index >= 15 is 0 Å². The molecular formula is C11H11F3N4. The molecule has 4 nitrogen and oxygen atoms in total. The first-order chi connectivity index (χ1) is 8.47. The van der Waals surface area contributed by atoms with Crippen molar-refractivity contribution in [3.63, 3.8) is 0 Å². The molecule has 0 aromatic carbocycles. The number of imidazole rings is 1. The molecule has 2 aromatic rings. The van der Waals surface area contributed by atoms with Crippen molar-refractivity contribution in [3.05, 3.63) is 47.8 Å². The van der Waals surface area contributed by atoms with Crippen molar-refractivity contribution >= 4 is 0 Å². The molecule has 0 aliphatic carbocycles. The highest BCUT2D eigenvalue weighted by Crippen LogP contribution is 2.28. The van der Waals surface area contributed by atoms with E-state index in [0.717, 1.165) is 5.56 Å². The Balaban J connectivity index is 2.12. The number of hydrogen-bond donors (Lipinski definition) is 2. The number of rotatable bonds is 3. The number of nitrogens with zero attached hydrogens (tertiary/aromatic N) is 2. The molecule has 0 aliphatic heterocycles. The molecule has 1 atom stereocenters. The van der Waals surface area contributed by atoms with Gasteiger partial charge < -0.3 is 10.7 Å². The monoisotopic (exact) mass is 256 g/mol. The van der Waals surface area contributed by atoms with Gasteiger partial charge in [-0.25, -0.2) is 4.98 Å². The van der Waals surface area contributed by atoms with E-state index in [0.29, 0.717) is 12.1 Å². The first kappa shape index (κ1) is 12.6. The van der Waals surface area contributed by atoms with Crippen LogP contribution in [-0.2, 0) is 6.42 Å². The first-order valence-corrected chi connectivity index (χ1v) is 5.22. The minimum Gasteiger partial charge on any atom is -0.344 e. The lowest BCUT2D eigenvalue weighted by molar-refractivity contribution is -0.150. The number of hydrogen-bond acceptors (Lipinski definition) is 3. The van der Waals surface area contributed by atoms with Crippen LogP contribution in [0.4, 0.5) is 13.2 Å². The SMILES string of the molecule is NC(c1ncc(Cc2ccncc2)[nH]1)C(F)(F)F. The smallest absolute Gasteiger partial charge is 0.344 e. The van der Waals surface area contributed by atoms with E-state index in [-0.39, 0.29) is 5.82 Å². The fourth-order valence-electron chi connectivity index (χ4n) is 1.50. The summed E-state index contributed by atoms with van der Waals surface area (Å²) in [4.78, 5) is 10.1. The Morgan fingerprint density at radius 2 is 1.94 bits per heavy atom. The summed E-state index contributed by atoms with van der Waals surface area (Å²) >= 11 is 0. The molecule has 0 fully saturated rings. The van der Waals surface area contributed by atoms with E-state index in [2.05, 4.69) is 15.0 Å². The topological polar surface area (TPSA) is 67.6 Å². The van der Waals surface area contributed by atoms with Crippen LogP contribution in [0.2, 0.25) is 0 Å². The fourth-order valence-corrected chi connectivity index (χ4v) is 1.50. The predicted molar refractivity (Wildman–Crippen MR) is 58.6 cm³/mol. The minimum absolute atomic E-state index is 0.272. The van der Waals surface area contributed by atoms with Crippen molar-refractivity contribution in [3.8, 4) is 0 Å². The van der Waals surface area contributed by atoms with Gasteiger partial charge in [0.25, 0.3) is 0 Å². The largest absolute Gasteiger partial charge is 0.410 e. The predicted octanol–water partition coefficient (Wildman–Crippen LogP) is 1.96. The zero-order valence-corrected chi connectivity index (χ0v) is 9.28. The molecule has 0 saturated carbocycles. The number of alkyl halides is 3. The van der Waals surface area contributed by atoms with Crippen LogP contribution >= 0.6 is 0 Å². The van der Waals surface area contributed by atoms with Gasteiger partial charge in [-0.1, -0.05) is 0 Å². The summed E-state index contributed by atoms with van der Waals surface area (Å²) in [6.07, 6.45) is 0.565. The number of nitrogens with one attached hydrogen (secondary N) is 1. The number of aromatic nitrogens is 3. The average molecular weight is 256 g/mol. The number of H-pyrrole nitrogens is 1. The summed E-state index contributed by atoms with van der Waals surface area (Å²) in [5, 5.41) is 0. The molecule has 7 heteroatoms. The summed E-state index contributed by atoms with van der Waals surface area (Å²) in [7, 11) is 0. The Bertz CT molecular complexity index is 507. The van der Waals surface area contributed by atoms with Gasteiger partial charge in [0.2, 0.25) is 0 Å². The normalized spacial score (nSPS) is 13.6. The van der Waals surface area contributed by atoms with E-state index in [1.54, 1.807) is 24.5 Å². The number of pyridine rings is 1. The molecular weight excluding hydrogens is 245 g/mol. The van der Waals surface area contributed by atoms with Crippen LogP contribution in [0.3, 0.4) is 0 Å². The van der Waals surface area contributed by atoms with Gasteiger partial charge in [-0.05, 0) is 17.7 Å². The fraction of sp³-hybridized carbons (Fsp3) is 0.273. The number of aromatic amines is 1. The summed E-state index contributed by atoms with van der Waals surface area (Å²) < 4.78 is 37.1. The molecule has 1 unspecified atom stereocenters. The zero-order chi connectivity index (χ0) is 13.2. The Morgan fingerprint density at radius 3 is 2.56 bits per heavy atom. The molecule has 2 aromatic heterocycles. The molecule has 0 spiro atoms. The van der Waals surface area contributed by atoms with Crippen molar-refractivity contribution in [1.82, 2.24) is 15.0 Å². The highest BCUT2D eigenvalue weighted by molar-refractivity contribution is 5.18. The van der Waals surface area contributed by atoms with Crippen LogP contribution < -0.4 is 5.73 Å². The lowest BCUT2D eigenvalue weighted by Crippen LogP contribution is -2.29. The molecule has 0 aliphatic rings. The summed E-state index contributed by atoms with van der Waals surface area (Å²) in [5.41, 5.74) is 6.56. The van der Waals surface area contributed by atoms with E-state index < -0.39 is 12.2 Å². The molecule has 0 radical (unpaired) electrons. The van der Waals surface area contributed by atoms with Gasteiger partial charge in [-0.15, -0.1) is 0 Å².